The molecule has 25 heavy (non-hydrogen) atoms. The Morgan fingerprint density at radius 3 is 2.56 bits per heavy atom. The smallest absolute Gasteiger partial charge is 0.242 e. The van der Waals surface area contributed by atoms with E-state index in [4.69, 9.17) is 16.0 Å². The highest BCUT2D eigenvalue weighted by atomic mass is 35.5. The van der Waals surface area contributed by atoms with Gasteiger partial charge in [0.05, 0.1) is 35.0 Å². The molecule has 2 aromatic rings. The van der Waals surface area contributed by atoms with Crippen LogP contribution in [0, 0.1) is 0 Å². The van der Waals surface area contributed by atoms with Gasteiger partial charge >= 0.3 is 0 Å². The second-order valence-electron chi connectivity index (χ2n) is 5.73. The van der Waals surface area contributed by atoms with Gasteiger partial charge in [-0.1, -0.05) is 11.6 Å². The third-order valence-electron chi connectivity index (χ3n) is 3.41. The van der Waals surface area contributed by atoms with Gasteiger partial charge in [-0.15, -0.1) is 0 Å². The number of amides is 1. The van der Waals surface area contributed by atoms with Crippen molar-refractivity contribution in [2.45, 2.75) is 11.4 Å². The Kier molecular flexibility index (Phi) is 6.23. The number of carbonyl (C=O) groups excluding carboxylic acids is 1. The lowest BCUT2D eigenvalue weighted by molar-refractivity contribution is -0.117. The Morgan fingerprint density at radius 1 is 1.24 bits per heavy atom. The zero-order chi connectivity index (χ0) is 18.6. The van der Waals surface area contributed by atoms with Crippen molar-refractivity contribution in [1.29, 1.82) is 0 Å². The number of benzene rings is 1. The predicted molar refractivity (Wildman–Crippen MR) is 96.0 cm³/mol. The van der Waals surface area contributed by atoms with Gasteiger partial charge in [0, 0.05) is 14.1 Å². The summed E-state index contributed by atoms with van der Waals surface area (Å²) in [5, 5.41) is 2.91. The number of carbonyl (C=O) groups is 1. The highest BCUT2D eigenvalue weighted by molar-refractivity contribution is 7.89. The summed E-state index contributed by atoms with van der Waals surface area (Å²) in [5.41, 5.74) is 0.251. The Balaban J connectivity index is 2.07. The summed E-state index contributed by atoms with van der Waals surface area (Å²) < 4.78 is 30.7. The summed E-state index contributed by atoms with van der Waals surface area (Å²) >= 11 is 6.07. The van der Waals surface area contributed by atoms with Crippen LogP contribution in [0.2, 0.25) is 5.02 Å². The van der Waals surface area contributed by atoms with E-state index in [1.807, 2.05) is 6.07 Å². The number of sulfonamides is 1. The first kappa shape index (κ1) is 19.5. The third kappa shape index (κ3) is 5.05. The number of anilines is 1. The maximum atomic E-state index is 12.2. The molecule has 1 aromatic heterocycles. The fourth-order valence-corrected chi connectivity index (χ4v) is 3.22. The zero-order valence-corrected chi connectivity index (χ0v) is 15.8. The van der Waals surface area contributed by atoms with Crippen LogP contribution in [0.1, 0.15) is 5.76 Å². The number of hydrogen-bond acceptors (Lipinski definition) is 5. The van der Waals surface area contributed by atoms with E-state index in [-0.39, 0.29) is 28.1 Å². The van der Waals surface area contributed by atoms with E-state index in [9.17, 15) is 13.2 Å². The zero-order valence-electron chi connectivity index (χ0n) is 14.2. The molecule has 0 aliphatic carbocycles. The summed E-state index contributed by atoms with van der Waals surface area (Å²) in [5.74, 6) is 0.433. The van der Waals surface area contributed by atoms with Crippen LogP contribution in [0.3, 0.4) is 0 Å². The number of rotatable bonds is 7. The van der Waals surface area contributed by atoms with Gasteiger partial charge in [0.25, 0.3) is 0 Å². The van der Waals surface area contributed by atoms with Crippen molar-refractivity contribution in [2.75, 3.05) is 33.0 Å². The van der Waals surface area contributed by atoms with Gasteiger partial charge in [-0.05, 0) is 37.4 Å². The van der Waals surface area contributed by atoms with Crippen molar-refractivity contribution in [3.8, 4) is 0 Å². The summed E-state index contributed by atoms with van der Waals surface area (Å²) in [4.78, 5) is 14.0. The van der Waals surface area contributed by atoms with Crippen molar-refractivity contribution in [2.24, 2.45) is 0 Å². The summed E-state index contributed by atoms with van der Waals surface area (Å²) in [6.07, 6.45) is 1.57. The third-order valence-corrected chi connectivity index (χ3v) is 5.55. The molecule has 0 aliphatic rings. The van der Waals surface area contributed by atoms with Gasteiger partial charge in [0.15, 0.2) is 0 Å². The van der Waals surface area contributed by atoms with E-state index in [2.05, 4.69) is 5.32 Å². The highest BCUT2D eigenvalue weighted by Crippen LogP contribution is 2.26. The second kappa shape index (κ2) is 8.01. The summed E-state index contributed by atoms with van der Waals surface area (Å²) in [6, 6.07) is 7.79. The molecule has 2 rings (SSSR count). The Morgan fingerprint density at radius 2 is 1.96 bits per heavy atom. The molecule has 1 N–H and O–H groups in total. The van der Waals surface area contributed by atoms with Gasteiger partial charge in [-0.2, -0.15) is 0 Å². The number of likely N-dealkylation sites (N-methyl/N-ethyl adjacent to an activating group) is 1. The van der Waals surface area contributed by atoms with Crippen molar-refractivity contribution in [3.63, 3.8) is 0 Å². The highest BCUT2D eigenvalue weighted by Gasteiger charge is 2.19. The lowest BCUT2D eigenvalue weighted by atomic mass is 10.3. The first-order valence-electron chi connectivity index (χ1n) is 7.43. The average Bonchev–Trinajstić information content (AvgIpc) is 3.01. The molecule has 0 saturated heterocycles. The van der Waals surface area contributed by atoms with E-state index in [0.717, 1.165) is 10.1 Å². The SMILES string of the molecule is CN(CC(=O)Nc1cc(S(=O)(=O)N(C)C)ccc1Cl)Cc1ccco1. The standard InChI is InChI=1S/C16H20ClN3O4S/c1-19(2)25(22,23)13-6-7-14(17)15(9-13)18-16(21)11-20(3)10-12-5-4-8-24-12/h4-9H,10-11H2,1-3H3,(H,18,21). The largest absolute Gasteiger partial charge is 0.468 e. The van der Waals surface area contributed by atoms with Crippen LogP contribution in [-0.4, -0.2) is 51.2 Å². The van der Waals surface area contributed by atoms with E-state index < -0.39 is 10.0 Å². The molecular weight excluding hydrogens is 366 g/mol. The molecule has 0 spiro atoms. The number of nitrogens with zero attached hydrogens (tertiary/aromatic N) is 2. The van der Waals surface area contributed by atoms with E-state index >= 15 is 0 Å². The number of nitrogens with one attached hydrogen (secondary N) is 1. The maximum absolute atomic E-state index is 12.2. The first-order valence-corrected chi connectivity index (χ1v) is 9.25. The van der Waals surface area contributed by atoms with Crippen LogP contribution in [0.15, 0.2) is 45.9 Å². The summed E-state index contributed by atoms with van der Waals surface area (Å²) in [7, 11) is 1.04. The fraction of sp³-hybridized carbons (Fsp3) is 0.312. The topological polar surface area (TPSA) is 82.9 Å². The first-order chi connectivity index (χ1) is 11.7. The Hall–Kier alpha value is -1.87. The fourth-order valence-electron chi connectivity index (χ4n) is 2.13. The molecule has 0 unspecified atom stereocenters. The van der Waals surface area contributed by atoms with Gasteiger partial charge in [-0.25, -0.2) is 12.7 Å². The van der Waals surface area contributed by atoms with Gasteiger partial charge in [0.2, 0.25) is 15.9 Å². The average molecular weight is 386 g/mol. The monoisotopic (exact) mass is 385 g/mol. The lowest BCUT2D eigenvalue weighted by Crippen LogP contribution is -2.30. The van der Waals surface area contributed by atoms with E-state index in [1.165, 1.54) is 32.3 Å². The second-order valence-corrected chi connectivity index (χ2v) is 8.29. The van der Waals surface area contributed by atoms with Crippen molar-refractivity contribution in [3.05, 3.63) is 47.4 Å². The molecule has 0 atom stereocenters. The van der Waals surface area contributed by atoms with Gasteiger partial charge in [-0.3, -0.25) is 9.69 Å². The molecule has 9 heteroatoms. The molecule has 0 radical (unpaired) electrons. The van der Waals surface area contributed by atoms with Crippen LogP contribution < -0.4 is 5.32 Å². The van der Waals surface area contributed by atoms with E-state index in [1.54, 1.807) is 24.3 Å². The van der Waals surface area contributed by atoms with Crippen LogP contribution in [0.25, 0.3) is 0 Å². The Bertz CT molecular complexity index is 835. The van der Waals surface area contributed by atoms with Crippen LogP contribution >= 0.6 is 11.6 Å². The van der Waals surface area contributed by atoms with Crippen LogP contribution in [0.4, 0.5) is 5.69 Å². The molecule has 0 saturated carbocycles. The summed E-state index contributed by atoms with van der Waals surface area (Å²) in [6.45, 7) is 0.574. The maximum Gasteiger partial charge on any atom is 0.242 e. The minimum absolute atomic E-state index is 0.0566. The molecule has 0 bridgehead atoms. The molecular formula is C16H20ClN3O4S. The van der Waals surface area contributed by atoms with Crippen LogP contribution in [-0.2, 0) is 21.4 Å². The molecule has 1 amide bonds. The molecule has 1 heterocycles. The normalized spacial score (nSPS) is 11.9. The minimum atomic E-state index is -3.61. The molecule has 0 fully saturated rings. The van der Waals surface area contributed by atoms with Crippen molar-refractivity contribution >= 4 is 33.2 Å². The van der Waals surface area contributed by atoms with E-state index in [0.29, 0.717) is 6.54 Å². The Labute approximate surface area is 152 Å². The minimum Gasteiger partial charge on any atom is -0.468 e. The molecule has 0 aliphatic heterocycles. The predicted octanol–water partition coefficient (Wildman–Crippen LogP) is 2.25. The molecule has 1 aromatic carbocycles. The van der Waals surface area contributed by atoms with Gasteiger partial charge < -0.3 is 9.73 Å². The lowest BCUT2D eigenvalue weighted by Gasteiger charge is -2.16. The van der Waals surface area contributed by atoms with Crippen molar-refractivity contribution < 1.29 is 17.6 Å². The molecule has 136 valence electrons. The molecule has 7 nitrogen and oxygen atoms in total. The quantitative estimate of drug-likeness (QED) is 0.790. The van der Waals surface area contributed by atoms with Crippen LogP contribution in [0.5, 0.6) is 0 Å². The van der Waals surface area contributed by atoms with Crippen molar-refractivity contribution in [1.82, 2.24) is 9.21 Å². The number of halogens is 1. The van der Waals surface area contributed by atoms with Gasteiger partial charge in [0.1, 0.15) is 5.76 Å². The number of furan rings is 1. The number of hydrogen-bond donors (Lipinski definition) is 1.